The van der Waals surface area contributed by atoms with Gasteiger partial charge in [0.15, 0.2) is 0 Å². The average molecular weight is 483 g/mol. The molecule has 1 unspecified atom stereocenters. The van der Waals surface area contributed by atoms with Crippen LogP contribution in [-0.2, 0) is 22.4 Å². The molecule has 174 valence electrons. The Hall–Kier alpha value is -2.38. The molecule has 0 spiro atoms. The number of thiophene rings is 1. The number of carbonyl (C=O) groups is 2. The maximum Gasteiger partial charge on any atom is 0.341 e. The van der Waals surface area contributed by atoms with Crippen LogP contribution in [0, 0.1) is 26.7 Å². The van der Waals surface area contributed by atoms with Crippen molar-refractivity contribution in [3.05, 3.63) is 50.9 Å². The molecule has 5 nitrogen and oxygen atoms in total. The molecule has 2 aromatic heterocycles. The SMILES string of the molecule is CCOC(=O)c1c(NC(=O)CSc2cc(C)c3cc(C)cc(C)c3n2)sc2c1CCC(C)C2. The number of aromatic nitrogens is 1. The van der Waals surface area contributed by atoms with Gasteiger partial charge in [-0.2, -0.15) is 0 Å². The Bertz CT molecular complexity index is 1230. The van der Waals surface area contributed by atoms with Crippen molar-refractivity contribution in [1.82, 2.24) is 4.98 Å². The summed E-state index contributed by atoms with van der Waals surface area (Å²) >= 11 is 2.93. The molecule has 0 radical (unpaired) electrons. The summed E-state index contributed by atoms with van der Waals surface area (Å²) < 4.78 is 5.31. The van der Waals surface area contributed by atoms with E-state index in [9.17, 15) is 9.59 Å². The quantitative estimate of drug-likeness (QED) is 0.332. The molecular formula is C26H30N2O3S2. The van der Waals surface area contributed by atoms with E-state index in [4.69, 9.17) is 9.72 Å². The second kappa shape index (κ2) is 9.85. The Balaban J connectivity index is 1.52. The summed E-state index contributed by atoms with van der Waals surface area (Å²) in [7, 11) is 0. The molecule has 33 heavy (non-hydrogen) atoms. The van der Waals surface area contributed by atoms with Crippen molar-refractivity contribution in [2.24, 2.45) is 5.92 Å². The third-order valence-corrected chi connectivity index (χ3v) is 8.11. The highest BCUT2D eigenvalue weighted by Gasteiger charge is 2.29. The van der Waals surface area contributed by atoms with Crippen molar-refractivity contribution in [1.29, 1.82) is 0 Å². The lowest BCUT2D eigenvalue weighted by atomic mass is 9.88. The maximum atomic E-state index is 12.9. The molecule has 0 aliphatic heterocycles. The van der Waals surface area contributed by atoms with E-state index in [1.807, 2.05) is 6.07 Å². The fraction of sp³-hybridized carbons (Fsp3) is 0.423. The van der Waals surface area contributed by atoms with Crippen LogP contribution in [0.1, 0.15) is 57.8 Å². The molecule has 7 heteroatoms. The second-order valence-electron chi connectivity index (χ2n) is 8.87. The van der Waals surface area contributed by atoms with Crippen LogP contribution >= 0.6 is 23.1 Å². The van der Waals surface area contributed by atoms with Crippen LogP contribution in [0.15, 0.2) is 23.2 Å². The van der Waals surface area contributed by atoms with Crippen molar-refractivity contribution in [2.75, 3.05) is 17.7 Å². The first-order chi connectivity index (χ1) is 15.8. The Morgan fingerprint density at radius 3 is 2.76 bits per heavy atom. The topological polar surface area (TPSA) is 68.3 Å². The van der Waals surface area contributed by atoms with Crippen molar-refractivity contribution in [2.45, 2.75) is 58.9 Å². The minimum absolute atomic E-state index is 0.141. The van der Waals surface area contributed by atoms with Gasteiger partial charge in [0.05, 0.1) is 28.5 Å². The summed E-state index contributed by atoms with van der Waals surface area (Å²) in [4.78, 5) is 31.5. The molecule has 0 saturated heterocycles. The largest absolute Gasteiger partial charge is 0.462 e. The fourth-order valence-corrected chi connectivity index (χ4v) is 6.63. The van der Waals surface area contributed by atoms with Gasteiger partial charge in [0, 0.05) is 10.3 Å². The molecule has 3 aromatic rings. The molecule has 4 rings (SSSR count). The smallest absolute Gasteiger partial charge is 0.341 e. The standard InChI is InChI=1S/C26H30N2O3S2/c1-6-31-26(30)23-18-8-7-14(2)11-20(18)33-25(23)27-21(29)13-32-22-12-16(4)19-10-15(3)9-17(5)24(19)28-22/h9-10,12,14H,6-8,11,13H2,1-5H3,(H,27,29). The molecule has 1 atom stereocenters. The van der Waals surface area contributed by atoms with E-state index in [1.165, 1.54) is 33.5 Å². The van der Waals surface area contributed by atoms with Crippen LogP contribution in [-0.4, -0.2) is 29.2 Å². The van der Waals surface area contributed by atoms with E-state index in [0.29, 0.717) is 23.1 Å². The summed E-state index contributed by atoms with van der Waals surface area (Å²) in [6.45, 7) is 10.6. The first-order valence-electron chi connectivity index (χ1n) is 11.4. The van der Waals surface area contributed by atoms with Gasteiger partial charge in [-0.1, -0.05) is 30.3 Å². The minimum atomic E-state index is -0.343. The fourth-order valence-electron chi connectivity index (χ4n) is 4.45. The highest BCUT2D eigenvalue weighted by molar-refractivity contribution is 7.99. The Kier molecular flexibility index (Phi) is 7.10. The molecule has 0 saturated carbocycles. The van der Waals surface area contributed by atoms with E-state index in [2.05, 4.69) is 45.1 Å². The number of hydrogen-bond donors (Lipinski definition) is 1. The molecule has 2 heterocycles. The number of esters is 1. The number of benzene rings is 1. The van der Waals surface area contributed by atoms with Gasteiger partial charge >= 0.3 is 5.97 Å². The summed E-state index contributed by atoms with van der Waals surface area (Å²) in [5.74, 6) is 0.326. The number of thioether (sulfide) groups is 1. The van der Waals surface area contributed by atoms with Crippen LogP contribution < -0.4 is 5.32 Å². The number of nitrogens with zero attached hydrogens (tertiary/aromatic N) is 1. The molecule has 0 fully saturated rings. The third-order valence-electron chi connectivity index (χ3n) is 6.03. The van der Waals surface area contributed by atoms with Gasteiger partial charge in [0.25, 0.3) is 0 Å². The van der Waals surface area contributed by atoms with Crippen LogP contribution in [0.4, 0.5) is 5.00 Å². The number of amides is 1. The first-order valence-corrected chi connectivity index (χ1v) is 13.2. The van der Waals surface area contributed by atoms with Crippen molar-refractivity contribution < 1.29 is 14.3 Å². The van der Waals surface area contributed by atoms with E-state index in [1.54, 1.807) is 6.92 Å². The number of ether oxygens (including phenoxy) is 1. The normalized spacial score (nSPS) is 15.4. The average Bonchev–Trinajstić information content (AvgIpc) is 3.10. The first kappa shape index (κ1) is 23.8. The third kappa shape index (κ3) is 5.09. The molecule has 1 aromatic carbocycles. The van der Waals surface area contributed by atoms with Gasteiger partial charge < -0.3 is 10.1 Å². The minimum Gasteiger partial charge on any atom is -0.462 e. The highest BCUT2D eigenvalue weighted by atomic mass is 32.2. The zero-order chi connectivity index (χ0) is 23.7. The number of pyridine rings is 1. The second-order valence-corrected chi connectivity index (χ2v) is 11.0. The summed E-state index contributed by atoms with van der Waals surface area (Å²) in [6.07, 6.45) is 2.84. The number of carbonyl (C=O) groups excluding carboxylic acids is 2. The van der Waals surface area contributed by atoms with E-state index in [0.717, 1.165) is 51.9 Å². The lowest BCUT2D eigenvalue weighted by Crippen LogP contribution is -2.17. The summed E-state index contributed by atoms with van der Waals surface area (Å²) in [6, 6.07) is 6.32. The number of nitrogens with one attached hydrogen (secondary N) is 1. The van der Waals surface area contributed by atoms with Crippen LogP contribution in [0.5, 0.6) is 0 Å². The van der Waals surface area contributed by atoms with Gasteiger partial charge in [-0.25, -0.2) is 9.78 Å². The molecular weight excluding hydrogens is 452 g/mol. The number of rotatable bonds is 6. The van der Waals surface area contributed by atoms with E-state index < -0.39 is 0 Å². The zero-order valence-electron chi connectivity index (χ0n) is 19.8. The van der Waals surface area contributed by atoms with E-state index >= 15 is 0 Å². The number of fused-ring (bicyclic) bond motifs is 2. The van der Waals surface area contributed by atoms with Crippen LogP contribution in [0.3, 0.4) is 0 Å². The van der Waals surface area contributed by atoms with Crippen LogP contribution in [0.25, 0.3) is 10.9 Å². The molecule has 1 N–H and O–H groups in total. The van der Waals surface area contributed by atoms with E-state index in [-0.39, 0.29) is 17.6 Å². The lowest BCUT2D eigenvalue weighted by Gasteiger charge is -2.18. The summed E-state index contributed by atoms with van der Waals surface area (Å²) in [5, 5.41) is 5.59. The van der Waals surface area contributed by atoms with Gasteiger partial charge in [-0.3, -0.25) is 4.79 Å². The molecule has 1 amide bonds. The molecule has 1 aliphatic carbocycles. The predicted molar refractivity (Wildman–Crippen MR) is 137 cm³/mol. The van der Waals surface area contributed by atoms with Crippen LogP contribution in [0.2, 0.25) is 0 Å². The zero-order valence-corrected chi connectivity index (χ0v) is 21.5. The van der Waals surface area contributed by atoms with Gasteiger partial charge in [0.1, 0.15) is 5.00 Å². The van der Waals surface area contributed by atoms with Crippen molar-refractivity contribution in [3.63, 3.8) is 0 Å². The lowest BCUT2D eigenvalue weighted by molar-refractivity contribution is -0.113. The number of anilines is 1. The summed E-state index contributed by atoms with van der Waals surface area (Å²) in [5.41, 5.74) is 6.09. The Morgan fingerprint density at radius 2 is 2.00 bits per heavy atom. The Labute approximate surface area is 203 Å². The monoisotopic (exact) mass is 482 g/mol. The van der Waals surface area contributed by atoms with Crippen molar-refractivity contribution >= 4 is 50.9 Å². The van der Waals surface area contributed by atoms with Crippen molar-refractivity contribution in [3.8, 4) is 0 Å². The predicted octanol–water partition coefficient (Wildman–Crippen LogP) is 6.25. The van der Waals surface area contributed by atoms with Gasteiger partial charge in [-0.15, -0.1) is 11.3 Å². The van der Waals surface area contributed by atoms with Gasteiger partial charge in [0.2, 0.25) is 5.91 Å². The highest BCUT2D eigenvalue weighted by Crippen LogP contribution is 2.40. The molecule has 1 aliphatic rings. The number of aryl methyl sites for hydroxylation is 3. The van der Waals surface area contributed by atoms with Gasteiger partial charge in [-0.05, 0) is 81.7 Å². The molecule has 0 bridgehead atoms. The maximum absolute atomic E-state index is 12.9. The number of hydrogen-bond acceptors (Lipinski definition) is 6. The Morgan fingerprint density at radius 1 is 1.21 bits per heavy atom.